The molecule has 1 aromatic carbocycles. The van der Waals surface area contributed by atoms with Crippen LogP contribution in [-0.4, -0.2) is 40.6 Å². The van der Waals surface area contributed by atoms with Gasteiger partial charge in [-0.05, 0) is 51.8 Å². The normalized spacial score (nSPS) is 11.1. The molecule has 0 fully saturated rings. The molecule has 0 radical (unpaired) electrons. The van der Waals surface area contributed by atoms with Crippen LogP contribution in [0.3, 0.4) is 0 Å². The van der Waals surface area contributed by atoms with Crippen molar-refractivity contribution in [1.82, 2.24) is 4.90 Å². The van der Waals surface area contributed by atoms with Crippen molar-refractivity contribution < 1.29 is 19.4 Å². The van der Waals surface area contributed by atoms with Gasteiger partial charge in [0.2, 0.25) is 0 Å². The molecule has 0 spiro atoms. The van der Waals surface area contributed by atoms with Gasteiger partial charge in [-0.15, -0.1) is 0 Å². The fourth-order valence-electron chi connectivity index (χ4n) is 2.08. The lowest BCUT2D eigenvalue weighted by Gasteiger charge is -2.34. The van der Waals surface area contributed by atoms with Crippen molar-refractivity contribution in [2.24, 2.45) is 0 Å². The summed E-state index contributed by atoms with van der Waals surface area (Å²) < 4.78 is 5.55. The summed E-state index contributed by atoms with van der Waals surface area (Å²) >= 11 is 0. The molecule has 0 aliphatic rings. The molecule has 1 amide bonds. The first-order valence-corrected chi connectivity index (χ1v) is 6.94. The highest BCUT2D eigenvalue weighted by atomic mass is 16.5. The first-order valence-electron chi connectivity index (χ1n) is 6.94. The quantitative estimate of drug-likeness (QED) is 0.874. The van der Waals surface area contributed by atoms with E-state index in [4.69, 9.17) is 4.74 Å². The van der Waals surface area contributed by atoms with Crippen molar-refractivity contribution in [3.63, 3.8) is 0 Å². The van der Waals surface area contributed by atoms with Gasteiger partial charge in [-0.2, -0.15) is 0 Å². The number of likely N-dealkylation sites (N-methyl/N-ethyl adjacent to an activating group) is 1. The third kappa shape index (κ3) is 3.97. The van der Waals surface area contributed by atoms with Crippen molar-refractivity contribution in [2.75, 3.05) is 13.2 Å². The highest BCUT2D eigenvalue weighted by Gasteiger charge is 2.36. The van der Waals surface area contributed by atoms with Crippen molar-refractivity contribution in [3.8, 4) is 5.75 Å². The zero-order chi connectivity index (χ0) is 16.2. The van der Waals surface area contributed by atoms with E-state index in [2.05, 4.69) is 0 Å². The Morgan fingerprint density at radius 1 is 1.29 bits per heavy atom. The first-order chi connectivity index (χ1) is 9.70. The van der Waals surface area contributed by atoms with Crippen LogP contribution in [0.25, 0.3) is 0 Å². The molecular weight excluding hydrogens is 270 g/mol. The summed E-state index contributed by atoms with van der Waals surface area (Å²) in [5, 5.41) is 9.22. The van der Waals surface area contributed by atoms with E-state index < -0.39 is 11.5 Å². The average Bonchev–Trinajstić information content (AvgIpc) is 2.40. The smallest absolute Gasteiger partial charge is 0.329 e. The number of nitrogens with zero attached hydrogens (tertiary/aromatic N) is 1. The minimum atomic E-state index is -1.25. The Kier molecular flexibility index (Phi) is 5.35. The number of hydrogen-bond donors (Lipinski definition) is 1. The number of aliphatic carboxylic acids is 1. The molecule has 0 aliphatic carbocycles. The van der Waals surface area contributed by atoms with E-state index >= 15 is 0 Å². The molecule has 0 atom stereocenters. The SMILES string of the molecule is CCN(C(=O)COc1cc(C)ccc1C)C(C)(C)C(=O)O. The van der Waals surface area contributed by atoms with E-state index in [0.717, 1.165) is 11.1 Å². The van der Waals surface area contributed by atoms with Crippen molar-refractivity contribution in [2.45, 2.75) is 40.2 Å². The van der Waals surface area contributed by atoms with Crippen LogP contribution >= 0.6 is 0 Å². The van der Waals surface area contributed by atoms with Gasteiger partial charge in [-0.3, -0.25) is 4.79 Å². The van der Waals surface area contributed by atoms with Crippen LogP contribution < -0.4 is 4.74 Å². The molecule has 0 aromatic heterocycles. The monoisotopic (exact) mass is 293 g/mol. The molecule has 0 unspecified atom stereocenters. The Hall–Kier alpha value is -2.04. The molecule has 1 aromatic rings. The van der Waals surface area contributed by atoms with Gasteiger partial charge in [0.05, 0.1) is 0 Å². The molecule has 1 rings (SSSR count). The van der Waals surface area contributed by atoms with Crippen LogP contribution in [0.1, 0.15) is 31.9 Å². The van der Waals surface area contributed by atoms with Crippen molar-refractivity contribution in [1.29, 1.82) is 0 Å². The third-order valence-electron chi connectivity index (χ3n) is 3.51. The highest BCUT2D eigenvalue weighted by Crippen LogP contribution is 2.20. The second kappa shape index (κ2) is 6.61. The van der Waals surface area contributed by atoms with Crippen LogP contribution in [-0.2, 0) is 9.59 Å². The summed E-state index contributed by atoms with van der Waals surface area (Å²) in [5.41, 5.74) is 0.729. The number of benzene rings is 1. The third-order valence-corrected chi connectivity index (χ3v) is 3.51. The lowest BCUT2D eigenvalue weighted by Crippen LogP contribution is -2.54. The maximum atomic E-state index is 12.2. The second-order valence-electron chi connectivity index (χ2n) is 5.56. The van der Waals surface area contributed by atoms with Crippen LogP contribution in [0.15, 0.2) is 18.2 Å². The van der Waals surface area contributed by atoms with Crippen LogP contribution in [0.5, 0.6) is 5.75 Å². The molecule has 0 aliphatic heterocycles. The van der Waals surface area contributed by atoms with Gasteiger partial charge in [-0.1, -0.05) is 12.1 Å². The number of carbonyl (C=O) groups excluding carboxylic acids is 1. The topological polar surface area (TPSA) is 66.8 Å². The number of ether oxygens (including phenoxy) is 1. The predicted molar refractivity (Wildman–Crippen MR) is 80.5 cm³/mol. The van der Waals surface area contributed by atoms with Crippen molar-refractivity contribution in [3.05, 3.63) is 29.3 Å². The predicted octanol–water partition coefficient (Wildman–Crippen LogP) is 2.39. The Morgan fingerprint density at radius 3 is 2.43 bits per heavy atom. The van der Waals surface area contributed by atoms with E-state index in [0.29, 0.717) is 12.3 Å². The van der Waals surface area contributed by atoms with Crippen LogP contribution in [0, 0.1) is 13.8 Å². The zero-order valence-corrected chi connectivity index (χ0v) is 13.3. The largest absolute Gasteiger partial charge is 0.483 e. The highest BCUT2D eigenvalue weighted by molar-refractivity contribution is 5.87. The molecule has 0 saturated heterocycles. The van der Waals surface area contributed by atoms with Crippen LogP contribution in [0.4, 0.5) is 0 Å². The minimum Gasteiger partial charge on any atom is -0.483 e. The molecular formula is C16H23NO4. The average molecular weight is 293 g/mol. The maximum absolute atomic E-state index is 12.2. The van der Waals surface area contributed by atoms with E-state index in [-0.39, 0.29) is 12.5 Å². The van der Waals surface area contributed by atoms with E-state index in [1.807, 2.05) is 32.0 Å². The van der Waals surface area contributed by atoms with Gasteiger partial charge in [0.1, 0.15) is 11.3 Å². The molecule has 5 nitrogen and oxygen atoms in total. The molecule has 0 saturated carbocycles. The number of hydrogen-bond acceptors (Lipinski definition) is 3. The molecule has 116 valence electrons. The minimum absolute atomic E-state index is 0.172. The standard InChI is InChI=1S/C16H23NO4/c1-6-17(16(4,5)15(19)20)14(18)10-21-13-9-11(2)7-8-12(13)3/h7-9H,6,10H2,1-5H3,(H,19,20). The number of amides is 1. The van der Waals surface area contributed by atoms with Gasteiger partial charge in [0.15, 0.2) is 6.61 Å². The molecule has 5 heteroatoms. The molecule has 1 N–H and O–H groups in total. The lowest BCUT2D eigenvalue weighted by atomic mass is 10.0. The number of aryl methyl sites for hydroxylation is 2. The lowest BCUT2D eigenvalue weighted by molar-refractivity contribution is -0.157. The van der Waals surface area contributed by atoms with Gasteiger partial charge in [0.25, 0.3) is 5.91 Å². The van der Waals surface area contributed by atoms with Crippen molar-refractivity contribution >= 4 is 11.9 Å². The summed E-state index contributed by atoms with van der Waals surface area (Å²) in [6.07, 6.45) is 0. The summed E-state index contributed by atoms with van der Waals surface area (Å²) in [6, 6.07) is 5.76. The fraction of sp³-hybridized carbons (Fsp3) is 0.500. The summed E-state index contributed by atoms with van der Waals surface area (Å²) in [4.78, 5) is 24.8. The number of carboxylic acids is 1. The number of rotatable bonds is 6. The van der Waals surface area contributed by atoms with Crippen LogP contribution in [0.2, 0.25) is 0 Å². The Labute approximate surface area is 125 Å². The molecule has 0 bridgehead atoms. The Bertz CT molecular complexity index is 537. The van der Waals surface area contributed by atoms with Gasteiger partial charge >= 0.3 is 5.97 Å². The Balaban J connectivity index is 2.80. The maximum Gasteiger partial charge on any atom is 0.329 e. The summed E-state index contributed by atoms with van der Waals surface area (Å²) in [7, 11) is 0. The van der Waals surface area contributed by atoms with E-state index in [1.54, 1.807) is 6.92 Å². The molecule has 21 heavy (non-hydrogen) atoms. The molecule has 0 heterocycles. The van der Waals surface area contributed by atoms with E-state index in [9.17, 15) is 14.7 Å². The van der Waals surface area contributed by atoms with E-state index in [1.165, 1.54) is 18.7 Å². The zero-order valence-electron chi connectivity index (χ0n) is 13.3. The Morgan fingerprint density at radius 2 is 1.90 bits per heavy atom. The fourth-order valence-corrected chi connectivity index (χ4v) is 2.08. The number of carbonyl (C=O) groups is 2. The van der Waals surface area contributed by atoms with Gasteiger partial charge in [-0.25, -0.2) is 4.79 Å². The van der Waals surface area contributed by atoms with Gasteiger partial charge in [0, 0.05) is 6.54 Å². The first kappa shape index (κ1) is 17.0. The second-order valence-corrected chi connectivity index (χ2v) is 5.56. The van der Waals surface area contributed by atoms with Gasteiger partial charge < -0.3 is 14.7 Å². The summed E-state index contributed by atoms with van der Waals surface area (Å²) in [6.45, 7) is 8.75. The number of carboxylic acid groups (broad SMARTS) is 1. The summed E-state index contributed by atoms with van der Waals surface area (Å²) in [5.74, 6) is -0.734.